The Labute approximate surface area is 3170 Å². The van der Waals surface area contributed by atoms with E-state index in [1.165, 1.54) is 0 Å². The molecule has 0 saturated heterocycles. The second-order valence-electron chi connectivity index (χ2n) is 0. The van der Waals surface area contributed by atoms with Gasteiger partial charge in [-0.15, -0.1) is 0 Å². The molecule has 0 amide bonds. The third-order valence-electron chi connectivity index (χ3n) is 0. The molecule has 0 fully saturated rings. The molecular formula is La93. The van der Waals surface area contributed by atoms with E-state index >= 15 is 0 Å². The molecule has 0 aromatic carbocycles. The molecule has 0 spiro atoms. The fourth-order valence-corrected chi connectivity index (χ4v) is 0. The van der Waals surface area contributed by atoms with Crippen LogP contribution in [0.25, 0.3) is 0 Å². The van der Waals surface area contributed by atoms with Gasteiger partial charge in [-0.3, -0.25) is 0 Å². The summed E-state index contributed by atoms with van der Waals surface area (Å²) in [6.07, 6.45) is 0. The van der Waals surface area contributed by atoms with Gasteiger partial charge in [0.2, 0.25) is 0 Å². The fourth-order valence-electron chi connectivity index (χ4n) is 0. The zero-order valence-electron chi connectivity index (χ0n) is 53.7. The molecule has 0 N–H and O–H groups in total. The smallest absolute Gasteiger partial charge is 0 e. The summed E-state index contributed by atoms with van der Waals surface area (Å²) < 4.78 is 0. The molecule has 0 aliphatic heterocycles. The maximum Gasteiger partial charge on any atom is 0 e. The van der Waals surface area contributed by atoms with E-state index in [1.807, 2.05) is 0 Å². The van der Waals surface area contributed by atoms with E-state index in [4.69, 9.17) is 0 Å². The normalized spacial score (nSPS) is 0. The summed E-state index contributed by atoms with van der Waals surface area (Å²) in [5.41, 5.74) is 0. The van der Waals surface area contributed by atoms with Crippen molar-refractivity contribution in [3.05, 3.63) is 0 Å². The minimum absolute atomic E-state index is 0. The molecule has 0 atom stereocenters. The van der Waals surface area contributed by atoms with Crippen molar-refractivity contribution in [1.29, 1.82) is 0 Å². The number of hydrogen-bond acceptors (Lipinski definition) is 0. The number of hydrogen-bond donors (Lipinski definition) is 0. The molecule has 0 bridgehead atoms. The van der Waals surface area contributed by atoms with Crippen LogP contribution in [-0.2, 0) is 0 Å². The Morgan fingerprint density at radius 3 is 0.0108 bits per heavy atom. The molecule has 279 valence electrons. The van der Waals surface area contributed by atoms with Crippen molar-refractivity contribution in [3.63, 3.8) is 0 Å². The topological polar surface area (TPSA) is 0 Å². The van der Waals surface area contributed by atoms with Gasteiger partial charge in [-0.2, -0.15) is 0 Å². The predicted octanol–water partition coefficient (Wildman–Crippen LogP) is 0. The Hall–Kier alpha value is 111. The maximum absolute atomic E-state index is 0. The van der Waals surface area contributed by atoms with Gasteiger partial charge in [-0.1, -0.05) is 0 Å². The van der Waals surface area contributed by atoms with Gasteiger partial charge >= 0.3 is 0 Å². The Bertz CT molecular complexity index is 0. The van der Waals surface area contributed by atoms with Gasteiger partial charge in [0.15, 0.2) is 0 Å². The fraction of sp³-hybridized carbons (Fsp3) is 0. The third-order valence-corrected chi connectivity index (χ3v) is 0. The van der Waals surface area contributed by atoms with E-state index in [0.717, 1.165) is 0 Å². The van der Waals surface area contributed by atoms with Crippen LogP contribution in [0.4, 0.5) is 0 Å². The first-order valence-electron chi connectivity index (χ1n) is 0. The van der Waals surface area contributed by atoms with Crippen LogP contribution < -0.4 is 0 Å². The minimum Gasteiger partial charge on any atom is 0 e. The van der Waals surface area contributed by atoms with Crippen molar-refractivity contribution in [3.8, 4) is 0 Å². The second-order valence-corrected chi connectivity index (χ2v) is 0. The van der Waals surface area contributed by atoms with Crippen molar-refractivity contribution in [1.82, 2.24) is 0 Å². The first kappa shape index (κ1) is 682. The van der Waals surface area contributed by atoms with E-state index < -0.39 is 0 Å². The van der Waals surface area contributed by atoms with Crippen LogP contribution in [0.15, 0.2) is 0 Å². The van der Waals surface area contributed by atoms with Crippen LogP contribution >= 0.6 is 0 Å². The molecule has 0 saturated carbocycles. The molecule has 0 aromatic rings. The zero-order chi connectivity index (χ0) is 0. The molecule has 0 heterocycles. The van der Waals surface area contributed by atoms with Gasteiger partial charge in [0.25, 0.3) is 0 Å². The van der Waals surface area contributed by atoms with Crippen LogP contribution in [0.1, 0.15) is 0 Å². The molecule has 0 nitrogen and oxygen atoms in total. The molecule has 0 aliphatic carbocycles. The van der Waals surface area contributed by atoms with Gasteiger partial charge in [-0.05, 0) is 0 Å². The molecule has 0 unspecified atom stereocenters. The Kier molecular flexibility index (Phi) is 4930. The standard InChI is InChI=1S/93La. The summed E-state index contributed by atoms with van der Waals surface area (Å²) in [4.78, 5) is 0. The van der Waals surface area contributed by atoms with E-state index in [9.17, 15) is 0 Å². The van der Waals surface area contributed by atoms with Gasteiger partial charge in [-0.25, -0.2) is 0 Å². The quantitative estimate of drug-likeness (QED) is 0.321. The van der Waals surface area contributed by atoms with Crippen LogP contribution in [0, 0.1) is 3310 Å². The average Bonchev–Trinajstić information content (AvgIpc) is 0. The maximum atomic E-state index is 0. The second kappa shape index (κ2) is 672. The minimum atomic E-state index is 0. The van der Waals surface area contributed by atoms with Crippen LogP contribution in [-0.4, -0.2) is 0 Å². The Morgan fingerprint density at radius 2 is 0.0108 bits per heavy atom. The summed E-state index contributed by atoms with van der Waals surface area (Å²) in [5, 5.41) is 0. The van der Waals surface area contributed by atoms with Gasteiger partial charge in [0.1, 0.15) is 0 Å². The predicted molar refractivity (Wildman–Crippen MR) is 0 cm³/mol. The van der Waals surface area contributed by atoms with Gasteiger partial charge < -0.3 is 0 Å². The van der Waals surface area contributed by atoms with Gasteiger partial charge in [0, 0.05) is 3310 Å². The third kappa shape index (κ3) is 665. The van der Waals surface area contributed by atoms with E-state index in [2.05, 4.69) is 0 Å². The molecule has 93 heteroatoms. The average molecular weight is 12900 g/mol. The summed E-state index contributed by atoms with van der Waals surface area (Å²) in [5.74, 6) is 0. The van der Waals surface area contributed by atoms with Crippen molar-refractivity contribution >= 4 is 0 Å². The van der Waals surface area contributed by atoms with E-state index in [0.29, 0.717) is 0 Å². The summed E-state index contributed by atoms with van der Waals surface area (Å²) in [7, 11) is 0. The monoisotopic (exact) mass is 12900 g/mol. The Morgan fingerprint density at radius 1 is 0.0108 bits per heavy atom. The van der Waals surface area contributed by atoms with Crippen molar-refractivity contribution < 1.29 is 3310 Å². The van der Waals surface area contributed by atoms with Crippen LogP contribution in [0.5, 0.6) is 0 Å². The Balaban J connectivity index is 0. The summed E-state index contributed by atoms with van der Waals surface area (Å²) in [6.45, 7) is 0. The molecule has 93 radical (unpaired) electrons. The molecule has 93 heavy (non-hydrogen) atoms. The van der Waals surface area contributed by atoms with E-state index in [-0.39, 0.29) is 3310 Å². The molecule has 0 aromatic heterocycles. The largest absolute Gasteiger partial charge is 0 e. The van der Waals surface area contributed by atoms with E-state index in [1.54, 1.807) is 0 Å². The molecule has 0 rings (SSSR count). The van der Waals surface area contributed by atoms with Gasteiger partial charge in [0.05, 0.1) is 0 Å². The van der Waals surface area contributed by atoms with Crippen molar-refractivity contribution in [2.24, 2.45) is 0 Å². The first-order chi connectivity index (χ1) is 0. The number of rotatable bonds is 0. The van der Waals surface area contributed by atoms with Crippen molar-refractivity contribution in [2.75, 3.05) is 0 Å². The summed E-state index contributed by atoms with van der Waals surface area (Å²) in [6, 6.07) is 0. The molecule has 0 aliphatic rings. The van der Waals surface area contributed by atoms with Crippen LogP contribution in [0.2, 0.25) is 0 Å². The van der Waals surface area contributed by atoms with Crippen LogP contribution in [0.3, 0.4) is 0 Å². The van der Waals surface area contributed by atoms with Crippen molar-refractivity contribution in [2.45, 2.75) is 0 Å². The SMILES string of the molecule is [La].[La].[La].[La].[La].[La].[La].[La].[La].[La].[La].[La].[La].[La].[La].[La].[La].[La].[La].[La].[La].[La].[La].[La].[La].[La].[La].[La].[La].[La].[La].[La].[La].[La].[La].[La].[La].[La].[La].[La].[La].[La].[La].[La].[La].[La].[La].[La].[La].[La].[La].[La].[La].[La].[La].[La].[La].[La].[La].[La].[La].[La].[La].[La].[La].[La].[La].[La].[La].[La].[La].[La].[La].[La].[La].[La].[La].[La].[La].[La].[La].[La].[La].[La].[La].[La].[La].[La].[La].[La].[La].[La].[La]. The zero-order valence-corrected chi connectivity index (χ0v) is 391. The summed E-state index contributed by atoms with van der Waals surface area (Å²) >= 11 is 0. The molecular weight excluding hydrogens is 12900 g/mol. The first-order valence-corrected chi connectivity index (χ1v) is 0.